The van der Waals surface area contributed by atoms with E-state index in [-0.39, 0.29) is 17.0 Å². The van der Waals surface area contributed by atoms with Gasteiger partial charge in [-0.15, -0.1) is 0 Å². The second-order valence-corrected chi connectivity index (χ2v) is 13.4. The number of rotatable bonds is 5. The summed E-state index contributed by atoms with van der Waals surface area (Å²) in [6, 6.07) is -0.632. The zero-order chi connectivity index (χ0) is 18.1. The standard InChI is InChI=1S/C16H32N2O4Si/c1-15(2,3)22-14(20)18-12-11(17-13(12)19)9-10-21-23(7,8)16(4,5)6/h11-12H,9-10H2,1-8H3,(H,17,19)(H,18,20)/t11-,12+/m1/s1. The first-order chi connectivity index (χ1) is 10.2. The van der Waals surface area contributed by atoms with Gasteiger partial charge < -0.3 is 19.8 Å². The van der Waals surface area contributed by atoms with Gasteiger partial charge in [-0.05, 0) is 45.3 Å². The van der Waals surface area contributed by atoms with Crippen LogP contribution in [0.25, 0.3) is 0 Å². The fourth-order valence-corrected chi connectivity index (χ4v) is 3.00. The Bertz CT molecular complexity index is 452. The molecule has 1 aliphatic rings. The van der Waals surface area contributed by atoms with Gasteiger partial charge in [0.05, 0.1) is 6.04 Å². The van der Waals surface area contributed by atoms with Crippen LogP contribution in [0.15, 0.2) is 0 Å². The Hall–Kier alpha value is -1.08. The highest BCUT2D eigenvalue weighted by molar-refractivity contribution is 6.74. The molecule has 0 unspecified atom stereocenters. The van der Waals surface area contributed by atoms with Gasteiger partial charge in [0.1, 0.15) is 11.6 Å². The van der Waals surface area contributed by atoms with Crippen molar-refractivity contribution in [1.82, 2.24) is 10.6 Å². The van der Waals surface area contributed by atoms with Crippen molar-refractivity contribution >= 4 is 20.3 Å². The van der Waals surface area contributed by atoms with E-state index in [2.05, 4.69) is 44.5 Å². The van der Waals surface area contributed by atoms with Crippen LogP contribution in [0.4, 0.5) is 4.79 Å². The number of ether oxygens (including phenoxy) is 1. The van der Waals surface area contributed by atoms with Crippen molar-refractivity contribution in [3.8, 4) is 0 Å². The summed E-state index contributed by atoms with van der Waals surface area (Å²) in [6.07, 6.45) is 0.117. The first kappa shape index (κ1) is 20.0. The molecule has 0 aromatic rings. The maximum atomic E-state index is 11.8. The molecule has 0 saturated carbocycles. The second kappa shape index (κ2) is 6.81. The van der Waals surface area contributed by atoms with E-state index in [4.69, 9.17) is 9.16 Å². The fraction of sp³-hybridized carbons (Fsp3) is 0.875. The lowest BCUT2D eigenvalue weighted by molar-refractivity contribution is -0.132. The van der Waals surface area contributed by atoms with E-state index in [0.29, 0.717) is 13.0 Å². The van der Waals surface area contributed by atoms with Crippen molar-refractivity contribution in [3.05, 3.63) is 0 Å². The van der Waals surface area contributed by atoms with Gasteiger partial charge in [0.2, 0.25) is 5.91 Å². The summed E-state index contributed by atoms with van der Waals surface area (Å²) >= 11 is 0. The van der Waals surface area contributed by atoms with E-state index in [1.165, 1.54) is 0 Å². The molecule has 2 N–H and O–H groups in total. The summed E-state index contributed by atoms with van der Waals surface area (Å²) in [5.41, 5.74) is -0.578. The number of hydrogen-bond acceptors (Lipinski definition) is 4. The predicted octanol–water partition coefficient (Wildman–Crippen LogP) is 2.79. The summed E-state index contributed by atoms with van der Waals surface area (Å²) in [7, 11) is -1.79. The highest BCUT2D eigenvalue weighted by Crippen LogP contribution is 2.36. The van der Waals surface area contributed by atoms with Gasteiger partial charge in [-0.25, -0.2) is 4.79 Å². The van der Waals surface area contributed by atoms with Gasteiger partial charge in [0, 0.05) is 6.61 Å². The van der Waals surface area contributed by atoms with Crippen molar-refractivity contribution in [3.63, 3.8) is 0 Å². The van der Waals surface area contributed by atoms with Crippen molar-refractivity contribution in [2.45, 2.75) is 83.8 Å². The van der Waals surface area contributed by atoms with Gasteiger partial charge in [-0.2, -0.15) is 0 Å². The molecule has 1 fully saturated rings. The number of hydrogen-bond donors (Lipinski definition) is 2. The highest BCUT2D eigenvalue weighted by atomic mass is 28.4. The lowest BCUT2D eigenvalue weighted by Gasteiger charge is -2.39. The molecule has 0 aliphatic carbocycles. The Morgan fingerprint density at radius 1 is 1.22 bits per heavy atom. The Balaban J connectivity index is 2.44. The van der Waals surface area contributed by atoms with E-state index in [9.17, 15) is 9.59 Å². The molecule has 0 aromatic carbocycles. The van der Waals surface area contributed by atoms with Crippen LogP contribution in [-0.4, -0.2) is 44.6 Å². The van der Waals surface area contributed by atoms with Gasteiger partial charge in [-0.1, -0.05) is 20.8 Å². The van der Waals surface area contributed by atoms with E-state index in [1.54, 1.807) is 20.8 Å². The van der Waals surface area contributed by atoms with E-state index < -0.39 is 26.1 Å². The van der Waals surface area contributed by atoms with Crippen LogP contribution in [0.1, 0.15) is 48.0 Å². The molecule has 134 valence electrons. The van der Waals surface area contributed by atoms with Crippen LogP contribution < -0.4 is 10.6 Å². The van der Waals surface area contributed by atoms with Crippen LogP contribution in [0.2, 0.25) is 18.1 Å². The molecule has 7 heteroatoms. The number of amides is 2. The van der Waals surface area contributed by atoms with E-state index in [1.807, 2.05) is 0 Å². The topological polar surface area (TPSA) is 76.7 Å². The molecule has 2 atom stereocenters. The molecular weight excluding hydrogens is 312 g/mol. The predicted molar refractivity (Wildman–Crippen MR) is 92.9 cm³/mol. The molecule has 0 spiro atoms. The Morgan fingerprint density at radius 2 is 1.78 bits per heavy atom. The average molecular weight is 345 g/mol. The molecule has 1 saturated heterocycles. The number of β-lactam (4-membered cyclic amide) rings is 1. The molecule has 0 radical (unpaired) electrons. The molecule has 1 heterocycles. The normalized spacial score (nSPS) is 22.2. The molecular formula is C16H32N2O4Si. The van der Waals surface area contributed by atoms with Crippen LogP contribution in [-0.2, 0) is 14.0 Å². The maximum absolute atomic E-state index is 11.8. The fourth-order valence-electron chi connectivity index (χ4n) is 1.94. The van der Waals surface area contributed by atoms with Crippen molar-refractivity contribution in [1.29, 1.82) is 0 Å². The van der Waals surface area contributed by atoms with Crippen molar-refractivity contribution in [2.75, 3.05) is 6.61 Å². The molecule has 2 amide bonds. The minimum atomic E-state index is -1.79. The average Bonchev–Trinajstić information content (AvgIpc) is 2.31. The minimum Gasteiger partial charge on any atom is -0.444 e. The summed E-state index contributed by atoms with van der Waals surface area (Å²) in [4.78, 5) is 23.4. The Morgan fingerprint density at radius 3 is 2.22 bits per heavy atom. The third-order valence-corrected chi connectivity index (χ3v) is 8.92. The third-order valence-electron chi connectivity index (χ3n) is 4.38. The Kier molecular flexibility index (Phi) is 5.91. The molecule has 1 rings (SSSR count). The van der Waals surface area contributed by atoms with E-state index >= 15 is 0 Å². The van der Waals surface area contributed by atoms with Crippen LogP contribution in [0.5, 0.6) is 0 Å². The van der Waals surface area contributed by atoms with Gasteiger partial charge in [-0.3, -0.25) is 4.79 Å². The molecule has 0 aromatic heterocycles. The lowest BCUT2D eigenvalue weighted by Crippen LogP contribution is -2.69. The number of nitrogens with one attached hydrogen (secondary N) is 2. The highest BCUT2D eigenvalue weighted by Gasteiger charge is 2.42. The summed E-state index contributed by atoms with van der Waals surface area (Å²) in [5, 5.41) is 5.60. The first-order valence-electron chi connectivity index (χ1n) is 8.17. The van der Waals surface area contributed by atoms with E-state index in [0.717, 1.165) is 0 Å². The van der Waals surface area contributed by atoms with Crippen LogP contribution in [0, 0.1) is 0 Å². The number of carbonyl (C=O) groups excluding carboxylic acids is 2. The lowest BCUT2D eigenvalue weighted by atomic mass is 9.96. The monoisotopic (exact) mass is 344 g/mol. The summed E-state index contributed by atoms with van der Waals surface area (Å²) in [6.45, 7) is 16.9. The van der Waals surface area contributed by atoms with Gasteiger partial charge in [0.15, 0.2) is 8.32 Å². The molecule has 6 nitrogen and oxygen atoms in total. The largest absolute Gasteiger partial charge is 0.444 e. The summed E-state index contributed by atoms with van der Waals surface area (Å²) in [5.74, 6) is -0.173. The van der Waals surface area contributed by atoms with Crippen molar-refractivity contribution < 1.29 is 18.8 Å². The zero-order valence-corrected chi connectivity index (χ0v) is 16.7. The molecule has 0 bridgehead atoms. The SMILES string of the molecule is CC(C)(C)OC(=O)N[C@@H]1C(=O)N[C@@H]1CCO[Si](C)(C)C(C)(C)C. The molecule has 23 heavy (non-hydrogen) atoms. The summed E-state index contributed by atoms with van der Waals surface area (Å²) < 4.78 is 11.3. The minimum absolute atomic E-state index is 0.0974. The van der Waals surface area contributed by atoms with Gasteiger partial charge in [0.25, 0.3) is 0 Å². The molecule has 1 aliphatic heterocycles. The van der Waals surface area contributed by atoms with Crippen molar-refractivity contribution in [2.24, 2.45) is 0 Å². The first-order valence-corrected chi connectivity index (χ1v) is 11.1. The van der Waals surface area contributed by atoms with Crippen LogP contribution >= 0.6 is 0 Å². The maximum Gasteiger partial charge on any atom is 0.408 e. The van der Waals surface area contributed by atoms with Crippen LogP contribution in [0.3, 0.4) is 0 Å². The van der Waals surface area contributed by atoms with Gasteiger partial charge >= 0.3 is 6.09 Å². The third kappa shape index (κ3) is 5.80. The quantitative estimate of drug-likeness (QED) is 0.594. The zero-order valence-electron chi connectivity index (χ0n) is 15.7. The smallest absolute Gasteiger partial charge is 0.408 e. The number of alkyl carbamates (subject to hydrolysis) is 1. The second-order valence-electron chi connectivity index (χ2n) is 8.64. The Labute approximate surface area is 140 Å². The number of carbonyl (C=O) groups is 2.